The molecule has 184 valence electrons. The minimum absolute atomic E-state index is 0.00558. The fraction of sp³-hybridized carbons (Fsp3) is 0.192. The van der Waals surface area contributed by atoms with Gasteiger partial charge in [0, 0.05) is 53.1 Å². The molecule has 0 fully saturated rings. The zero-order valence-electron chi connectivity index (χ0n) is 22.9. The molecule has 4 rings (SSSR count). The number of methoxy groups -OCH3 is 1. The quantitative estimate of drug-likeness (QED) is 0.290. The molecular weight excluding hydrogens is 458 g/mol. The molecule has 10 nitrogen and oxygen atoms in total. The highest BCUT2D eigenvalue weighted by Crippen LogP contribution is 2.37. The fourth-order valence-corrected chi connectivity index (χ4v) is 3.48. The summed E-state index contributed by atoms with van der Waals surface area (Å²) in [6, 6.07) is 10.3. The summed E-state index contributed by atoms with van der Waals surface area (Å²) in [7, 11) is 1.51. The third-order valence-electron chi connectivity index (χ3n) is 5.32. The lowest BCUT2D eigenvalue weighted by Crippen LogP contribution is -2.19. The van der Waals surface area contributed by atoms with Crippen molar-refractivity contribution in [2.45, 2.75) is 19.4 Å². The Kier molecular flexibility index (Phi) is 5.98. The van der Waals surface area contributed by atoms with E-state index in [2.05, 4.69) is 30.6 Å². The minimum atomic E-state index is -2.69. The zero-order valence-corrected chi connectivity index (χ0v) is 19.9. The van der Waals surface area contributed by atoms with Gasteiger partial charge in [-0.1, -0.05) is 12.1 Å². The molecule has 0 aliphatic rings. The van der Waals surface area contributed by atoms with Gasteiger partial charge in [-0.25, -0.2) is 9.97 Å². The van der Waals surface area contributed by atoms with Crippen LogP contribution in [0.25, 0.3) is 11.3 Å². The number of nitrogens with one attached hydrogen (secondary N) is 3. The lowest BCUT2D eigenvalue weighted by Gasteiger charge is -2.18. The van der Waals surface area contributed by atoms with E-state index in [9.17, 15) is 9.90 Å². The number of aliphatic hydroxyl groups is 1. The van der Waals surface area contributed by atoms with Gasteiger partial charge in [-0.2, -0.15) is 0 Å². The number of carbonyl (C=O) groups is 1. The number of hydrogen-bond donors (Lipinski definition) is 4. The smallest absolute Gasteiger partial charge is 0.254 e. The van der Waals surface area contributed by atoms with Gasteiger partial charge in [-0.05, 0) is 32.0 Å². The second-order valence-electron chi connectivity index (χ2n) is 8.29. The first-order valence-corrected chi connectivity index (χ1v) is 10.9. The van der Waals surface area contributed by atoms with Gasteiger partial charge in [0.05, 0.1) is 41.5 Å². The number of hydrogen-bond acceptors (Lipinski definition) is 9. The average molecular weight is 489 g/mol. The first-order valence-electron chi connectivity index (χ1n) is 12.4. The van der Waals surface area contributed by atoms with Crippen molar-refractivity contribution in [3.63, 3.8) is 0 Å². The van der Waals surface area contributed by atoms with Gasteiger partial charge in [0.15, 0.2) is 5.75 Å². The number of anilines is 4. The largest absolute Gasteiger partial charge is 0.494 e. The molecule has 0 aliphatic heterocycles. The minimum Gasteiger partial charge on any atom is -0.494 e. The second kappa shape index (κ2) is 10.4. The van der Waals surface area contributed by atoms with Gasteiger partial charge in [0.25, 0.3) is 5.91 Å². The van der Waals surface area contributed by atoms with Gasteiger partial charge in [0.2, 0.25) is 0 Å². The Balaban J connectivity index is 1.72. The first-order chi connectivity index (χ1) is 18.4. The summed E-state index contributed by atoms with van der Waals surface area (Å²) in [4.78, 5) is 29.9. The molecule has 0 unspecified atom stereocenters. The van der Waals surface area contributed by atoms with E-state index in [1.54, 1.807) is 69.0 Å². The normalized spacial score (nSPS) is 12.6. The Morgan fingerprint density at radius 2 is 1.83 bits per heavy atom. The van der Waals surface area contributed by atoms with Crippen molar-refractivity contribution in [2.75, 3.05) is 24.7 Å². The van der Waals surface area contributed by atoms with Crippen LogP contribution >= 0.6 is 0 Å². The highest BCUT2D eigenvalue weighted by atomic mass is 16.5. The molecule has 3 heterocycles. The molecule has 1 amide bonds. The summed E-state index contributed by atoms with van der Waals surface area (Å²) in [5.41, 5.74) is 1.58. The molecule has 0 aliphatic carbocycles. The summed E-state index contributed by atoms with van der Waals surface area (Å²) in [6.07, 6.45) is 7.53. The molecule has 4 aromatic rings. The predicted octanol–water partition coefficient (Wildman–Crippen LogP) is 4.02. The molecule has 0 bridgehead atoms. The Bertz CT molecular complexity index is 1460. The van der Waals surface area contributed by atoms with E-state index in [1.807, 2.05) is 11.4 Å². The number of carbonyl (C=O) groups excluding carboxylic acids is 1. The molecule has 0 saturated heterocycles. The zero-order chi connectivity index (χ0) is 28.2. The van der Waals surface area contributed by atoms with Gasteiger partial charge in [0.1, 0.15) is 11.6 Å². The fourth-order valence-electron chi connectivity index (χ4n) is 3.48. The van der Waals surface area contributed by atoms with E-state index in [4.69, 9.17) is 8.85 Å². The van der Waals surface area contributed by atoms with E-state index < -0.39 is 18.5 Å². The highest BCUT2D eigenvalue weighted by molar-refractivity contribution is 6.00. The summed E-state index contributed by atoms with van der Waals surface area (Å²) >= 11 is 0. The third-order valence-corrected chi connectivity index (χ3v) is 5.32. The standard InChI is InChI=1S/C26H27N7O3/c1-26(2,35)16-8-9-22(30-13-16)33-23-12-20(18(14-31-23)25(34)27-3)32-19-7-5-6-17(24(19)36-4)21-15-28-10-11-29-21/h5-15,35H,1-4H3,(H,27,34)(H2,30,31,32,33)/i3D3. The summed E-state index contributed by atoms with van der Waals surface area (Å²) < 4.78 is 28.0. The van der Waals surface area contributed by atoms with E-state index in [0.717, 1.165) is 0 Å². The van der Waals surface area contributed by atoms with Crippen LogP contribution in [0.5, 0.6) is 5.75 Å². The van der Waals surface area contributed by atoms with E-state index in [-0.39, 0.29) is 11.3 Å². The Morgan fingerprint density at radius 1 is 1.00 bits per heavy atom. The van der Waals surface area contributed by atoms with Crippen LogP contribution in [0.2, 0.25) is 0 Å². The first kappa shape index (κ1) is 20.8. The van der Waals surface area contributed by atoms with Crippen LogP contribution in [0.4, 0.5) is 23.0 Å². The second-order valence-corrected chi connectivity index (χ2v) is 8.29. The molecule has 1 aromatic carbocycles. The number of amides is 1. The van der Waals surface area contributed by atoms with Gasteiger partial charge in [-0.15, -0.1) is 0 Å². The summed E-state index contributed by atoms with van der Waals surface area (Å²) in [5.74, 6) is 0.377. The number of nitrogens with zero attached hydrogens (tertiary/aromatic N) is 4. The molecule has 10 heteroatoms. The molecule has 0 radical (unpaired) electrons. The Morgan fingerprint density at radius 3 is 2.50 bits per heavy atom. The lowest BCUT2D eigenvalue weighted by atomic mass is 10.0. The van der Waals surface area contributed by atoms with Crippen molar-refractivity contribution >= 4 is 28.9 Å². The molecule has 0 spiro atoms. The Hall–Kier alpha value is -4.57. The number of ether oxygens (including phenoxy) is 1. The molecule has 4 N–H and O–H groups in total. The maximum absolute atomic E-state index is 12.9. The lowest BCUT2D eigenvalue weighted by molar-refractivity contribution is 0.0782. The van der Waals surface area contributed by atoms with Crippen molar-refractivity contribution in [2.24, 2.45) is 0 Å². The molecule has 3 aromatic heterocycles. The van der Waals surface area contributed by atoms with E-state index in [1.165, 1.54) is 13.3 Å². The Labute approximate surface area is 213 Å². The highest BCUT2D eigenvalue weighted by Gasteiger charge is 2.18. The van der Waals surface area contributed by atoms with Crippen LogP contribution in [-0.2, 0) is 5.60 Å². The maximum Gasteiger partial charge on any atom is 0.254 e. The van der Waals surface area contributed by atoms with Gasteiger partial charge < -0.3 is 25.8 Å². The van der Waals surface area contributed by atoms with E-state index in [0.29, 0.717) is 39.9 Å². The van der Waals surface area contributed by atoms with Gasteiger partial charge in [-0.3, -0.25) is 14.8 Å². The SMILES string of the molecule is [2H]C([2H])([2H])NC(=O)c1cnc(Nc2ccc(C(C)(C)O)cn2)cc1Nc1cccc(-c2cnccn2)c1OC. The van der Waals surface area contributed by atoms with Crippen molar-refractivity contribution in [1.29, 1.82) is 0 Å². The van der Waals surface area contributed by atoms with Crippen molar-refractivity contribution in [3.8, 4) is 17.0 Å². The maximum atomic E-state index is 12.9. The molecular formula is C26H27N7O3. The van der Waals surface area contributed by atoms with Crippen LogP contribution < -0.4 is 20.7 Å². The van der Waals surface area contributed by atoms with Crippen LogP contribution in [0, 0.1) is 0 Å². The number of aromatic nitrogens is 4. The van der Waals surface area contributed by atoms with Crippen molar-refractivity contribution < 1.29 is 18.8 Å². The van der Waals surface area contributed by atoms with E-state index >= 15 is 0 Å². The van der Waals surface area contributed by atoms with Crippen LogP contribution in [0.1, 0.15) is 33.9 Å². The van der Waals surface area contributed by atoms with Crippen LogP contribution in [0.3, 0.4) is 0 Å². The number of para-hydroxylation sites is 1. The third kappa shape index (κ3) is 5.39. The summed E-state index contributed by atoms with van der Waals surface area (Å²) in [5, 5.41) is 18.4. The monoisotopic (exact) mass is 488 g/mol. The average Bonchev–Trinajstić information content (AvgIpc) is 2.88. The van der Waals surface area contributed by atoms with Crippen molar-refractivity contribution in [1.82, 2.24) is 25.3 Å². The predicted molar refractivity (Wildman–Crippen MR) is 138 cm³/mol. The topological polar surface area (TPSA) is 134 Å². The van der Waals surface area contributed by atoms with Gasteiger partial charge >= 0.3 is 0 Å². The molecule has 0 atom stereocenters. The summed E-state index contributed by atoms with van der Waals surface area (Å²) in [6.45, 7) is 0.627. The molecule has 36 heavy (non-hydrogen) atoms. The van der Waals surface area contributed by atoms with Crippen LogP contribution in [-0.4, -0.2) is 45.0 Å². The molecule has 0 saturated carbocycles. The number of pyridine rings is 2. The number of benzene rings is 1. The van der Waals surface area contributed by atoms with Crippen LogP contribution in [0.15, 0.2) is 67.4 Å². The van der Waals surface area contributed by atoms with Crippen molar-refractivity contribution in [3.05, 3.63) is 78.5 Å². The number of rotatable bonds is 8.